The van der Waals surface area contributed by atoms with Gasteiger partial charge in [0.05, 0.1) is 13.2 Å². The summed E-state index contributed by atoms with van der Waals surface area (Å²) in [6.45, 7) is -0.250. The summed E-state index contributed by atoms with van der Waals surface area (Å²) in [6, 6.07) is 0. The molecular formula is C2H6Li2O6S. The Balaban J connectivity index is -0.0000000383. The molecule has 9 heteroatoms. The van der Waals surface area contributed by atoms with Crippen LogP contribution in [0.5, 0.6) is 0 Å². The van der Waals surface area contributed by atoms with Crippen LogP contribution in [0.15, 0.2) is 0 Å². The zero-order valence-electron chi connectivity index (χ0n) is 6.35. The first-order chi connectivity index (χ1) is 3.91. The first kappa shape index (κ1) is 22.7. The monoisotopic (exact) mass is 172 g/mol. The number of rotatable bonds is 1. The molecule has 0 fully saturated rings. The summed E-state index contributed by atoms with van der Waals surface area (Å²) >= 11 is 0. The number of aliphatic hydroxyl groups is 2. The molecule has 0 aromatic rings. The fourth-order valence-electron chi connectivity index (χ4n) is 0. The van der Waals surface area contributed by atoms with Crippen molar-refractivity contribution in [1.82, 2.24) is 0 Å². The van der Waals surface area contributed by atoms with Crippen LogP contribution in [-0.2, 0) is 10.4 Å². The maximum Gasteiger partial charge on any atom is 1.00 e. The minimum absolute atomic E-state index is 0. The van der Waals surface area contributed by atoms with Crippen LogP contribution in [0, 0.1) is 0 Å². The summed E-state index contributed by atoms with van der Waals surface area (Å²) in [5, 5.41) is 15.2. The number of hydrogen-bond donors (Lipinski definition) is 2. The van der Waals surface area contributed by atoms with Crippen molar-refractivity contribution in [3.05, 3.63) is 0 Å². The first-order valence-corrected chi connectivity index (χ1v) is 3.13. The Kier molecular flexibility index (Phi) is 28.0. The van der Waals surface area contributed by atoms with Gasteiger partial charge in [0.1, 0.15) is 0 Å². The van der Waals surface area contributed by atoms with E-state index >= 15 is 0 Å². The van der Waals surface area contributed by atoms with Crippen molar-refractivity contribution in [3.63, 3.8) is 0 Å². The van der Waals surface area contributed by atoms with Gasteiger partial charge in [-0.1, -0.05) is 0 Å². The SMILES string of the molecule is O=S(=O)([O-])[O-].OCCO.[Li+].[Li+]. The molecule has 0 aliphatic rings. The molecule has 11 heavy (non-hydrogen) atoms. The summed E-state index contributed by atoms with van der Waals surface area (Å²) in [6.07, 6.45) is 0. The average Bonchev–Trinajstić information content (AvgIpc) is 1.61. The maximum atomic E-state index is 8.52. The second-order valence-corrected chi connectivity index (χ2v) is 1.67. The van der Waals surface area contributed by atoms with Gasteiger partial charge in [-0.25, -0.2) is 0 Å². The molecule has 0 aromatic carbocycles. The fourth-order valence-corrected chi connectivity index (χ4v) is 0. The minimum atomic E-state index is -5.17. The van der Waals surface area contributed by atoms with Gasteiger partial charge >= 0.3 is 37.7 Å². The molecule has 0 saturated carbocycles. The normalized spacial score (nSPS) is 8.00. The minimum Gasteiger partial charge on any atom is -0.759 e. The van der Waals surface area contributed by atoms with E-state index in [1.54, 1.807) is 0 Å². The summed E-state index contributed by atoms with van der Waals surface area (Å²) in [5.74, 6) is 0. The molecule has 0 rings (SSSR count). The molecule has 0 aliphatic carbocycles. The standard InChI is InChI=1S/C2H6O2.2Li.H2O4S/c3-1-2-4;;;1-5(2,3)4/h3-4H,1-2H2;;;(H2,1,2,3,4)/q;2*+1;/p-2. The van der Waals surface area contributed by atoms with Crippen LogP contribution in [0.2, 0.25) is 0 Å². The first-order valence-electron chi connectivity index (χ1n) is 1.80. The molecule has 0 amide bonds. The van der Waals surface area contributed by atoms with Crippen LogP contribution >= 0.6 is 0 Å². The van der Waals surface area contributed by atoms with Crippen LogP contribution < -0.4 is 37.7 Å². The van der Waals surface area contributed by atoms with Gasteiger partial charge in [-0.2, -0.15) is 0 Å². The average molecular weight is 172 g/mol. The topological polar surface area (TPSA) is 121 Å². The van der Waals surface area contributed by atoms with E-state index in [9.17, 15) is 0 Å². The Morgan fingerprint density at radius 2 is 1.09 bits per heavy atom. The summed E-state index contributed by atoms with van der Waals surface area (Å²) in [5.41, 5.74) is 0. The number of aliphatic hydroxyl groups excluding tert-OH is 2. The van der Waals surface area contributed by atoms with Crippen molar-refractivity contribution < 1.29 is 65.5 Å². The molecule has 0 unspecified atom stereocenters. The summed E-state index contributed by atoms with van der Waals surface area (Å²) in [7, 11) is -5.17. The van der Waals surface area contributed by atoms with Gasteiger partial charge in [0.2, 0.25) is 0 Å². The Morgan fingerprint density at radius 3 is 1.09 bits per heavy atom. The molecule has 0 bridgehead atoms. The summed E-state index contributed by atoms with van der Waals surface area (Å²) < 4.78 is 34.1. The van der Waals surface area contributed by atoms with Crippen molar-refractivity contribution in [1.29, 1.82) is 0 Å². The van der Waals surface area contributed by atoms with Gasteiger partial charge in [-0.3, -0.25) is 8.42 Å². The fraction of sp³-hybridized carbons (Fsp3) is 1.00. The Morgan fingerprint density at radius 1 is 1.00 bits per heavy atom. The summed E-state index contributed by atoms with van der Waals surface area (Å²) in [4.78, 5) is 0. The zero-order chi connectivity index (χ0) is 7.91. The van der Waals surface area contributed by atoms with Gasteiger partial charge in [-0.15, -0.1) is 0 Å². The van der Waals surface area contributed by atoms with Gasteiger partial charge in [0.15, 0.2) is 0 Å². The molecule has 6 nitrogen and oxygen atoms in total. The van der Waals surface area contributed by atoms with E-state index in [1.165, 1.54) is 0 Å². The molecule has 0 spiro atoms. The molecule has 0 aromatic heterocycles. The van der Waals surface area contributed by atoms with E-state index in [4.69, 9.17) is 27.7 Å². The molecule has 0 aliphatic heterocycles. The second kappa shape index (κ2) is 13.6. The van der Waals surface area contributed by atoms with Crippen molar-refractivity contribution >= 4 is 10.4 Å². The van der Waals surface area contributed by atoms with Gasteiger partial charge in [0.25, 0.3) is 0 Å². The molecule has 0 saturated heterocycles. The molecule has 0 atom stereocenters. The van der Waals surface area contributed by atoms with Crippen LogP contribution in [0.4, 0.5) is 0 Å². The quantitative estimate of drug-likeness (QED) is 0.230. The van der Waals surface area contributed by atoms with E-state index in [0.29, 0.717) is 0 Å². The van der Waals surface area contributed by atoms with Crippen LogP contribution in [0.25, 0.3) is 0 Å². The van der Waals surface area contributed by atoms with Crippen molar-refractivity contribution in [3.8, 4) is 0 Å². The van der Waals surface area contributed by atoms with Crippen LogP contribution in [0.1, 0.15) is 0 Å². The van der Waals surface area contributed by atoms with E-state index in [2.05, 4.69) is 0 Å². The molecule has 2 N–H and O–H groups in total. The Bertz CT molecular complexity index is 122. The molecule has 58 valence electrons. The smallest absolute Gasteiger partial charge is 0.759 e. The molecular weight excluding hydrogens is 166 g/mol. The zero-order valence-corrected chi connectivity index (χ0v) is 7.17. The number of hydrogen-bond acceptors (Lipinski definition) is 6. The van der Waals surface area contributed by atoms with Gasteiger partial charge in [-0.05, 0) is 0 Å². The second-order valence-electron chi connectivity index (χ2n) is 0.855. The van der Waals surface area contributed by atoms with Crippen molar-refractivity contribution in [2.24, 2.45) is 0 Å². The van der Waals surface area contributed by atoms with Crippen LogP contribution in [-0.4, -0.2) is 41.0 Å². The third-order valence-electron chi connectivity index (χ3n) is 0.1000. The van der Waals surface area contributed by atoms with E-state index < -0.39 is 10.4 Å². The van der Waals surface area contributed by atoms with Crippen molar-refractivity contribution in [2.45, 2.75) is 0 Å². The third kappa shape index (κ3) is 225. The molecule has 0 heterocycles. The molecule has 0 radical (unpaired) electrons. The third-order valence-corrected chi connectivity index (χ3v) is 0.1000. The van der Waals surface area contributed by atoms with Crippen LogP contribution in [0.3, 0.4) is 0 Å². The largest absolute Gasteiger partial charge is 1.00 e. The maximum absolute atomic E-state index is 8.52. The predicted molar refractivity (Wildman–Crippen MR) is 24.6 cm³/mol. The van der Waals surface area contributed by atoms with E-state index in [0.717, 1.165) is 0 Å². The predicted octanol–water partition coefficient (Wildman–Crippen LogP) is -8.36. The van der Waals surface area contributed by atoms with Crippen molar-refractivity contribution in [2.75, 3.05) is 13.2 Å². The Hall–Kier alpha value is 0.985. The Labute approximate surface area is 88.9 Å². The van der Waals surface area contributed by atoms with E-state index in [1.807, 2.05) is 0 Å². The van der Waals surface area contributed by atoms with Gasteiger partial charge < -0.3 is 19.3 Å². The van der Waals surface area contributed by atoms with Gasteiger partial charge in [0, 0.05) is 10.4 Å². The van der Waals surface area contributed by atoms with E-state index in [-0.39, 0.29) is 50.9 Å².